The van der Waals surface area contributed by atoms with Crippen LogP contribution in [0.3, 0.4) is 0 Å². The van der Waals surface area contributed by atoms with Gasteiger partial charge < -0.3 is 4.74 Å². The van der Waals surface area contributed by atoms with Gasteiger partial charge in [0.05, 0.1) is 6.10 Å². The van der Waals surface area contributed by atoms with E-state index in [0.29, 0.717) is 18.4 Å². The third kappa shape index (κ3) is 5.83. The molecule has 1 aromatic rings. The van der Waals surface area contributed by atoms with Gasteiger partial charge in [-0.3, -0.25) is 0 Å². The molecule has 1 heterocycles. The molecule has 0 spiro atoms. The predicted molar refractivity (Wildman–Crippen MR) is 121 cm³/mol. The van der Waals surface area contributed by atoms with Crippen molar-refractivity contribution >= 4 is 0 Å². The molecule has 2 rings (SSSR count). The number of hydrogen-bond donors (Lipinski definition) is 0. The van der Waals surface area contributed by atoms with Crippen LogP contribution in [-0.4, -0.2) is 28.9 Å². The summed E-state index contributed by atoms with van der Waals surface area (Å²) in [5, 5.41) is 14.0. The number of ether oxygens (including phenoxy) is 1. The van der Waals surface area contributed by atoms with Gasteiger partial charge >= 0.3 is 0 Å². The lowest BCUT2D eigenvalue weighted by Gasteiger charge is -2.50. The summed E-state index contributed by atoms with van der Waals surface area (Å²) in [7, 11) is 0. The molecule has 1 saturated heterocycles. The number of hydroxylamine groups is 2. The zero-order valence-electron chi connectivity index (χ0n) is 20.5. The Morgan fingerprint density at radius 3 is 1.83 bits per heavy atom. The fourth-order valence-electron chi connectivity index (χ4n) is 5.46. The van der Waals surface area contributed by atoms with Crippen LogP contribution in [0.4, 0.5) is 0 Å². The number of nitrogens with zero attached hydrogens (tertiary/aromatic N) is 1. The van der Waals surface area contributed by atoms with Crippen LogP contribution in [0.5, 0.6) is 0 Å². The molecule has 1 aliphatic heterocycles. The van der Waals surface area contributed by atoms with E-state index in [1.807, 2.05) is 0 Å². The van der Waals surface area contributed by atoms with Crippen LogP contribution >= 0.6 is 0 Å². The maximum absolute atomic E-state index is 12.7. The fraction of sp³-hybridized carbons (Fsp3) is 0.769. The van der Waals surface area contributed by atoms with Crippen molar-refractivity contribution in [1.29, 1.82) is 0 Å². The lowest BCUT2D eigenvalue weighted by molar-refractivity contribution is -0.296. The fourth-order valence-corrected chi connectivity index (χ4v) is 5.46. The van der Waals surface area contributed by atoms with Crippen molar-refractivity contribution in [2.45, 2.75) is 105 Å². The Balaban J connectivity index is 2.27. The van der Waals surface area contributed by atoms with E-state index in [4.69, 9.17) is 4.74 Å². The SMILES string of the molecule is CC(C)(C)C(OCC1CC(C)(C)N([O])C(C)(C)C1)C(c1ccccc1)C(C)(C)C. The van der Waals surface area contributed by atoms with E-state index in [1.54, 1.807) is 0 Å². The Kier molecular flexibility index (Phi) is 6.99. The van der Waals surface area contributed by atoms with Crippen LogP contribution in [0.2, 0.25) is 0 Å². The quantitative estimate of drug-likeness (QED) is 0.539. The Morgan fingerprint density at radius 2 is 1.41 bits per heavy atom. The zero-order chi connectivity index (χ0) is 22.3. The Hall–Kier alpha value is -0.900. The van der Waals surface area contributed by atoms with E-state index in [2.05, 4.69) is 99.6 Å². The smallest absolute Gasteiger partial charge is 0.0696 e. The van der Waals surface area contributed by atoms with Crippen molar-refractivity contribution in [2.24, 2.45) is 16.7 Å². The van der Waals surface area contributed by atoms with Gasteiger partial charge in [-0.1, -0.05) is 71.9 Å². The summed E-state index contributed by atoms with van der Waals surface area (Å²) in [5.41, 5.74) is 0.731. The second-order valence-corrected chi connectivity index (χ2v) is 12.6. The van der Waals surface area contributed by atoms with Crippen LogP contribution in [0.15, 0.2) is 30.3 Å². The third-order valence-electron chi connectivity index (χ3n) is 6.44. The molecule has 3 nitrogen and oxygen atoms in total. The highest BCUT2D eigenvalue weighted by atomic mass is 16.5. The van der Waals surface area contributed by atoms with E-state index in [1.165, 1.54) is 10.6 Å². The topological polar surface area (TPSA) is 32.4 Å². The van der Waals surface area contributed by atoms with E-state index in [-0.39, 0.29) is 28.0 Å². The molecule has 1 aromatic carbocycles. The minimum atomic E-state index is -0.351. The normalized spacial score (nSPS) is 23.0. The van der Waals surface area contributed by atoms with Gasteiger partial charge in [-0.15, -0.1) is 10.3 Å². The molecule has 165 valence electrons. The van der Waals surface area contributed by atoms with Crippen molar-refractivity contribution < 1.29 is 9.94 Å². The second-order valence-electron chi connectivity index (χ2n) is 12.6. The minimum absolute atomic E-state index is 0.0120. The molecule has 1 fully saturated rings. The maximum atomic E-state index is 12.7. The van der Waals surface area contributed by atoms with Gasteiger partial charge in [0, 0.05) is 23.6 Å². The monoisotopic (exact) mass is 402 g/mol. The molecule has 0 amide bonds. The Morgan fingerprint density at radius 1 is 0.931 bits per heavy atom. The number of piperidine rings is 1. The molecule has 0 saturated carbocycles. The Bertz CT molecular complexity index is 634. The molecule has 1 aliphatic rings. The van der Waals surface area contributed by atoms with Gasteiger partial charge in [-0.05, 0) is 62.8 Å². The number of benzene rings is 1. The first-order chi connectivity index (χ1) is 13.1. The molecule has 0 aromatic heterocycles. The van der Waals surface area contributed by atoms with Crippen molar-refractivity contribution in [3.63, 3.8) is 0 Å². The van der Waals surface area contributed by atoms with Crippen LogP contribution < -0.4 is 0 Å². The molecular formula is C26H44NO2. The highest BCUT2D eigenvalue weighted by Gasteiger charge is 2.47. The first-order valence-corrected chi connectivity index (χ1v) is 11.2. The third-order valence-corrected chi connectivity index (χ3v) is 6.44. The van der Waals surface area contributed by atoms with Gasteiger partial charge in [0.15, 0.2) is 0 Å². The summed E-state index contributed by atoms with van der Waals surface area (Å²) in [6, 6.07) is 10.8. The van der Waals surface area contributed by atoms with E-state index >= 15 is 0 Å². The summed E-state index contributed by atoms with van der Waals surface area (Å²) in [4.78, 5) is 0. The van der Waals surface area contributed by atoms with E-state index in [9.17, 15) is 5.21 Å². The average molecular weight is 403 g/mol. The van der Waals surface area contributed by atoms with Crippen molar-refractivity contribution in [3.8, 4) is 0 Å². The standard InChI is InChI=1S/C26H44NO2/c1-23(2,3)21(20-14-12-11-13-15-20)22(24(4,5)6)29-18-19-16-25(7,8)27(28)26(9,10)17-19/h11-15,19,21-22H,16-18H2,1-10H3. The molecule has 3 heteroatoms. The van der Waals surface area contributed by atoms with Crippen LogP contribution in [0.1, 0.15) is 93.6 Å². The number of hydrogen-bond acceptors (Lipinski definition) is 2. The van der Waals surface area contributed by atoms with Crippen molar-refractivity contribution in [1.82, 2.24) is 5.06 Å². The first kappa shape index (κ1) is 24.4. The highest BCUT2D eigenvalue weighted by Crippen LogP contribution is 2.46. The largest absolute Gasteiger partial charge is 0.377 e. The predicted octanol–water partition coefficient (Wildman–Crippen LogP) is 6.86. The van der Waals surface area contributed by atoms with Gasteiger partial charge in [0.1, 0.15) is 0 Å². The van der Waals surface area contributed by atoms with Crippen molar-refractivity contribution in [2.75, 3.05) is 6.61 Å². The maximum Gasteiger partial charge on any atom is 0.0696 e. The summed E-state index contributed by atoms with van der Waals surface area (Å²) < 4.78 is 6.79. The molecular weight excluding hydrogens is 358 g/mol. The zero-order valence-corrected chi connectivity index (χ0v) is 20.5. The van der Waals surface area contributed by atoms with E-state index in [0.717, 1.165) is 12.8 Å². The second kappa shape index (κ2) is 8.32. The summed E-state index contributed by atoms with van der Waals surface area (Å²) in [6.45, 7) is 22.8. The van der Waals surface area contributed by atoms with E-state index < -0.39 is 0 Å². The molecule has 2 atom stereocenters. The van der Waals surface area contributed by atoms with Crippen LogP contribution in [0, 0.1) is 16.7 Å². The molecule has 1 radical (unpaired) electrons. The molecule has 0 bridgehead atoms. The van der Waals surface area contributed by atoms with Crippen LogP contribution in [0.25, 0.3) is 0 Å². The summed E-state index contributed by atoms with van der Waals surface area (Å²) in [6.07, 6.45) is 1.85. The van der Waals surface area contributed by atoms with Gasteiger partial charge in [0.25, 0.3) is 0 Å². The lowest BCUT2D eigenvalue weighted by atomic mass is 9.67. The molecule has 2 unspecified atom stereocenters. The molecule has 0 N–H and O–H groups in total. The summed E-state index contributed by atoms with van der Waals surface area (Å²) in [5.74, 6) is 0.691. The molecule has 29 heavy (non-hydrogen) atoms. The van der Waals surface area contributed by atoms with Crippen LogP contribution in [-0.2, 0) is 9.94 Å². The van der Waals surface area contributed by atoms with Gasteiger partial charge in [-0.2, -0.15) is 0 Å². The molecule has 0 aliphatic carbocycles. The van der Waals surface area contributed by atoms with Gasteiger partial charge in [0.2, 0.25) is 0 Å². The summed E-state index contributed by atoms with van der Waals surface area (Å²) >= 11 is 0. The lowest BCUT2D eigenvalue weighted by Crippen LogP contribution is -2.58. The highest BCUT2D eigenvalue weighted by molar-refractivity contribution is 5.24. The van der Waals surface area contributed by atoms with Crippen molar-refractivity contribution in [3.05, 3.63) is 35.9 Å². The van der Waals surface area contributed by atoms with Gasteiger partial charge in [-0.25, -0.2) is 0 Å². The number of rotatable bonds is 5. The first-order valence-electron chi connectivity index (χ1n) is 11.2. The Labute approximate surface area is 179 Å². The minimum Gasteiger partial charge on any atom is -0.377 e. The average Bonchev–Trinajstić information content (AvgIpc) is 2.54.